The van der Waals surface area contributed by atoms with Crippen molar-refractivity contribution in [3.63, 3.8) is 0 Å². The van der Waals surface area contributed by atoms with Gasteiger partial charge in [0.25, 0.3) is 17.6 Å². The second kappa shape index (κ2) is 13.5. The number of aromatic hydroxyl groups is 1. The quantitative estimate of drug-likeness (QED) is 0.108. The number of para-hydroxylation sites is 2. The van der Waals surface area contributed by atoms with Crippen LogP contribution in [-0.2, 0) is 0 Å². The average Bonchev–Trinajstić information content (AvgIpc) is 4.06. The summed E-state index contributed by atoms with van der Waals surface area (Å²) in [6.07, 6.45) is 3.03. The van der Waals surface area contributed by atoms with E-state index in [2.05, 4.69) is 76.7 Å². The maximum absolute atomic E-state index is 10.6. The van der Waals surface area contributed by atoms with E-state index in [1.807, 2.05) is 48.5 Å². The Morgan fingerprint density at radius 2 is 1.21 bits per heavy atom. The summed E-state index contributed by atoms with van der Waals surface area (Å²) in [5.41, 5.74) is 15.7. The molecule has 22 nitrogen and oxygen atoms in total. The number of azo groups is 2. The van der Waals surface area contributed by atoms with E-state index in [9.17, 15) is 10.4 Å². The molecular formula is C33H21N21OS2. The van der Waals surface area contributed by atoms with Gasteiger partial charge in [-0.05, 0) is 38.1 Å². The first-order valence-electron chi connectivity index (χ1n) is 16.4. The van der Waals surface area contributed by atoms with E-state index in [0.29, 0.717) is 21.7 Å². The number of anilines is 2. The van der Waals surface area contributed by atoms with Crippen molar-refractivity contribution >= 4 is 83.4 Å². The van der Waals surface area contributed by atoms with Gasteiger partial charge in [-0.15, -0.1) is 25.6 Å². The van der Waals surface area contributed by atoms with Crippen LogP contribution in [0.2, 0.25) is 0 Å². The predicted octanol–water partition coefficient (Wildman–Crippen LogP) is 6.57. The molecule has 9 rings (SSSR count). The van der Waals surface area contributed by atoms with Crippen molar-refractivity contribution < 1.29 is 5.11 Å². The van der Waals surface area contributed by atoms with Gasteiger partial charge in [-0.3, -0.25) is 0 Å². The third kappa shape index (κ3) is 6.09. The number of nitrogens with zero attached hydrogens (tertiary/aromatic N) is 19. The molecule has 0 aliphatic carbocycles. The Balaban J connectivity index is 0.997. The van der Waals surface area contributed by atoms with Crippen molar-refractivity contribution in [1.29, 1.82) is 5.26 Å². The maximum atomic E-state index is 10.6. The fraction of sp³-hybridized carbons (Fsp3) is 0.0606. The van der Waals surface area contributed by atoms with Crippen LogP contribution in [-0.4, -0.2) is 69.1 Å². The minimum absolute atomic E-state index is 0.0349. The molecule has 0 aliphatic heterocycles. The molecule has 7 heterocycles. The molecule has 0 fully saturated rings. The summed E-state index contributed by atoms with van der Waals surface area (Å²) >= 11 is 2.82. The van der Waals surface area contributed by atoms with Gasteiger partial charge in [0.2, 0.25) is 21.9 Å². The summed E-state index contributed by atoms with van der Waals surface area (Å²) in [4.78, 5) is 25.1. The lowest BCUT2D eigenvalue weighted by atomic mass is 10.3. The summed E-state index contributed by atoms with van der Waals surface area (Å²) in [6.45, 7) is 10.9. The number of aromatic nitrogens is 13. The number of thiazole rings is 2. The highest BCUT2D eigenvalue weighted by Gasteiger charge is 2.22. The van der Waals surface area contributed by atoms with E-state index >= 15 is 0 Å². The molecule has 57 heavy (non-hydrogen) atoms. The van der Waals surface area contributed by atoms with Crippen LogP contribution in [0, 0.1) is 31.8 Å². The van der Waals surface area contributed by atoms with Gasteiger partial charge >= 0.3 is 6.01 Å². The molecule has 9 aromatic rings. The fourth-order valence-corrected chi connectivity index (χ4v) is 7.27. The number of aryl methyl sites for hydroxylation is 2. The van der Waals surface area contributed by atoms with E-state index in [-0.39, 0.29) is 57.8 Å². The highest BCUT2D eigenvalue weighted by molar-refractivity contribution is 7.21. The monoisotopic (exact) mass is 791 g/mol. The van der Waals surface area contributed by atoms with E-state index in [4.69, 9.17) is 18.0 Å². The van der Waals surface area contributed by atoms with E-state index in [1.54, 1.807) is 13.8 Å². The molecule has 0 unspecified atom stereocenters. The van der Waals surface area contributed by atoms with Gasteiger partial charge in [0.1, 0.15) is 11.6 Å². The SMILES string of the molecule is [C-]#[N+]c1cn(-c2nc3ccccc3s2)nc1N=Nc1c(C)nn(-c2nc(O)nc(-n3nc(C)c(N=Nc4nn(-c5nc6ccccc6s5)cc4C#N)c3N)n2)c1N. The number of fused-ring (bicyclic) bond motifs is 2. The van der Waals surface area contributed by atoms with Crippen LogP contribution >= 0.6 is 22.7 Å². The lowest BCUT2D eigenvalue weighted by Crippen LogP contribution is -2.13. The van der Waals surface area contributed by atoms with Crippen molar-refractivity contribution in [2.75, 3.05) is 11.5 Å². The second-order valence-electron chi connectivity index (χ2n) is 11.8. The third-order valence-corrected chi connectivity index (χ3v) is 10.2. The zero-order valence-electron chi connectivity index (χ0n) is 29.2. The second-order valence-corrected chi connectivity index (χ2v) is 13.9. The number of nitrogens with two attached hydrogens (primary N) is 2. The van der Waals surface area contributed by atoms with Crippen LogP contribution < -0.4 is 11.5 Å². The van der Waals surface area contributed by atoms with Crippen LogP contribution in [0.5, 0.6) is 6.01 Å². The van der Waals surface area contributed by atoms with Crippen molar-refractivity contribution in [2.45, 2.75) is 13.8 Å². The summed E-state index contributed by atoms with van der Waals surface area (Å²) < 4.78 is 7.11. The molecule has 276 valence electrons. The van der Waals surface area contributed by atoms with Gasteiger partial charge in [-0.2, -0.15) is 44.9 Å². The van der Waals surface area contributed by atoms with Crippen molar-refractivity contribution in [2.24, 2.45) is 20.5 Å². The molecule has 0 atom stereocenters. The topological polar surface area (TPSA) is 286 Å². The number of benzene rings is 2. The minimum atomic E-state index is -0.692. The third-order valence-electron chi connectivity index (χ3n) is 8.16. The molecule has 24 heteroatoms. The molecule has 0 saturated heterocycles. The minimum Gasteiger partial charge on any atom is -0.479 e. The fourth-order valence-electron chi connectivity index (χ4n) is 5.49. The van der Waals surface area contributed by atoms with Gasteiger partial charge in [-0.25, -0.2) is 24.2 Å². The van der Waals surface area contributed by atoms with Gasteiger partial charge in [0.15, 0.2) is 23.0 Å². The largest absolute Gasteiger partial charge is 0.479 e. The zero-order chi connectivity index (χ0) is 39.4. The number of hydrogen-bond donors (Lipinski definition) is 3. The molecular weight excluding hydrogens is 771 g/mol. The number of nitriles is 1. The highest BCUT2D eigenvalue weighted by atomic mass is 32.1. The smallest absolute Gasteiger partial charge is 0.320 e. The Hall–Kier alpha value is -8.35. The van der Waals surface area contributed by atoms with E-state index in [0.717, 1.165) is 29.8 Å². The lowest BCUT2D eigenvalue weighted by molar-refractivity contribution is 0.423. The van der Waals surface area contributed by atoms with Gasteiger partial charge in [0.05, 0.1) is 44.6 Å². The molecule has 2 aromatic carbocycles. The van der Waals surface area contributed by atoms with E-state index < -0.39 is 6.01 Å². The normalized spacial score (nSPS) is 11.7. The number of nitrogen functional groups attached to an aromatic ring is 2. The summed E-state index contributed by atoms with van der Waals surface area (Å²) in [7, 11) is 0. The van der Waals surface area contributed by atoms with Crippen molar-refractivity contribution in [3.8, 4) is 34.2 Å². The summed E-state index contributed by atoms with van der Waals surface area (Å²) in [6, 6.07) is 16.6. The van der Waals surface area contributed by atoms with Crippen molar-refractivity contribution in [3.05, 3.63) is 89.3 Å². The highest BCUT2D eigenvalue weighted by Crippen LogP contribution is 2.36. The zero-order valence-corrected chi connectivity index (χ0v) is 30.8. The molecule has 0 saturated carbocycles. The number of hydrogen-bond acceptors (Lipinski definition) is 19. The first-order valence-corrected chi connectivity index (χ1v) is 18.0. The molecule has 0 radical (unpaired) electrons. The Morgan fingerprint density at radius 3 is 1.74 bits per heavy atom. The molecule has 7 aromatic heterocycles. The van der Waals surface area contributed by atoms with Crippen LogP contribution in [0.4, 0.5) is 40.3 Å². The Labute approximate surface area is 326 Å². The molecule has 0 aliphatic rings. The first kappa shape index (κ1) is 34.4. The standard InChI is InChI=1S/C33H21N21OS2/c1-15-23(43-45-27-17(12-34)13-51(49-27)32-38-18-8-4-6-10-21(18)56-32)25(35)53(47-15)29-40-30(42-31(55)41-29)54-26(36)24(16(2)48-54)44-46-28-20(37-3)14-52(50-28)33-39-19-9-5-7-11-22(19)57-33/h4-11,13-14H,35-36H2,1-2H3,(H,40,41,42,55). The van der Waals surface area contributed by atoms with Crippen molar-refractivity contribution in [1.82, 2.24) is 64.0 Å². The summed E-state index contributed by atoms with van der Waals surface area (Å²) in [5, 5.41) is 56.0. The molecule has 5 N–H and O–H groups in total. The predicted molar refractivity (Wildman–Crippen MR) is 207 cm³/mol. The Morgan fingerprint density at radius 1 is 0.702 bits per heavy atom. The molecule has 0 spiro atoms. The van der Waals surface area contributed by atoms with Crippen LogP contribution in [0.3, 0.4) is 0 Å². The Bertz CT molecular complexity index is 2920. The lowest BCUT2D eigenvalue weighted by Gasteiger charge is -2.06. The molecule has 0 amide bonds. The molecule has 0 bridgehead atoms. The van der Waals surface area contributed by atoms with Crippen LogP contribution in [0.1, 0.15) is 17.0 Å². The van der Waals surface area contributed by atoms with Crippen LogP contribution in [0.25, 0.3) is 47.4 Å². The maximum Gasteiger partial charge on any atom is 0.320 e. The van der Waals surface area contributed by atoms with E-state index in [1.165, 1.54) is 44.4 Å². The van der Waals surface area contributed by atoms with Gasteiger partial charge in [-0.1, -0.05) is 46.9 Å². The van der Waals surface area contributed by atoms with Crippen LogP contribution in [0.15, 0.2) is 81.4 Å². The first-order chi connectivity index (χ1) is 27.7. The summed E-state index contributed by atoms with van der Waals surface area (Å²) in [5.74, 6) is -0.407. The Kier molecular flexibility index (Phi) is 8.15. The van der Waals surface area contributed by atoms with Gasteiger partial charge < -0.3 is 16.6 Å². The van der Waals surface area contributed by atoms with Gasteiger partial charge in [0, 0.05) is 6.20 Å². The average molecular weight is 792 g/mol. The number of rotatable bonds is 8.